The highest BCUT2D eigenvalue weighted by Gasteiger charge is 2.26. The number of nitrogens with zero attached hydrogens (tertiary/aromatic N) is 6. The van der Waals surface area contributed by atoms with Crippen LogP contribution in [-0.4, -0.2) is 48.8 Å². The fourth-order valence-electron chi connectivity index (χ4n) is 3.93. The molecule has 5 rings (SSSR count). The van der Waals surface area contributed by atoms with E-state index in [4.69, 9.17) is 5.10 Å². The van der Waals surface area contributed by atoms with Crippen LogP contribution in [0.2, 0.25) is 0 Å². The van der Waals surface area contributed by atoms with Crippen molar-refractivity contribution < 1.29 is 4.79 Å². The first-order chi connectivity index (χ1) is 14.6. The van der Waals surface area contributed by atoms with Gasteiger partial charge in [0.15, 0.2) is 11.5 Å². The normalized spacial score (nSPS) is 15.4. The lowest BCUT2D eigenvalue weighted by Crippen LogP contribution is -2.38. The predicted octanol–water partition coefficient (Wildman–Crippen LogP) is 2.98. The Morgan fingerprint density at radius 2 is 1.93 bits per heavy atom. The predicted molar refractivity (Wildman–Crippen MR) is 115 cm³/mol. The van der Waals surface area contributed by atoms with Gasteiger partial charge in [0, 0.05) is 24.9 Å². The molecule has 0 unspecified atom stereocenters. The van der Waals surface area contributed by atoms with E-state index < -0.39 is 0 Å². The molecule has 0 bridgehead atoms. The molecule has 0 radical (unpaired) electrons. The minimum atomic E-state index is -0.0423. The summed E-state index contributed by atoms with van der Waals surface area (Å²) in [6.07, 6.45) is 1.54. The molecule has 4 aromatic rings. The molecule has 4 heterocycles. The van der Waals surface area contributed by atoms with Crippen molar-refractivity contribution in [3.05, 3.63) is 42.2 Å². The third-order valence-corrected chi connectivity index (χ3v) is 5.61. The van der Waals surface area contributed by atoms with Crippen LogP contribution in [-0.2, 0) is 4.79 Å². The summed E-state index contributed by atoms with van der Waals surface area (Å²) in [6.45, 7) is 5.71. The number of fused-ring (bicyclic) bond motifs is 2. The number of piperidine rings is 1. The summed E-state index contributed by atoms with van der Waals surface area (Å²) < 4.78 is 1.82. The Balaban J connectivity index is 1.25. The van der Waals surface area contributed by atoms with Crippen LogP contribution in [0.15, 0.2) is 36.4 Å². The lowest BCUT2D eigenvalue weighted by atomic mass is 9.96. The van der Waals surface area contributed by atoms with E-state index in [1.54, 1.807) is 0 Å². The Labute approximate surface area is 173 Å². The van der Waals surface area contributed by atoms with Gasteiger partial charge in [0.25, 0.3) is 0 Å². The summed E-state index contributed by atoms with van der Waals surface area (Å²) in [7, 11) is 0. The van der Waals surface area contributed by atoms with E-state index in [2.05, 4.69) is 44.2 Å². The van der Waals surface area contributed by atoms with Gasteiger partial charge in [-0.2, -0.15) is 4.52 Å². The largest absolute Gasteiger partial charge is 0.355 e. The van der Waals surface area contributed by atoms with E-state index >= 15 is 0 Å². The van der Waals surface area contributed by atoms with Gasteiger partial charge < -0.3 is 9.88 Å². The standard InChI is InChI=1S/C21H24N8O/c1-13(2)19-26-25-17-7-8-18(27-29(17)19)28-11-9-14(10-12-28)20(30)24-21-22-15-5-3-4-6-16(15)23-21/h3-8,13-14H,9-12H2,1-2H3,(H2,22,23,24,30). The monoisotopic (exact) mass is 404 g/mol. The smallest absolute Gasteiger partial charge is 0.229 e. The van der Waals surface area contributed by atoms with Gasteiger partial charge in [-0.1, -0.05) is 26.0 Å². The lowest BCUT2D eigenvalue weighted by molar-refractivity contribution is -0.120. The SMILES string of the molecule is CC(C)c1nnc2ccc(N3CCC(C(=O)Nc4nc5ccccc5[nH]4)CC3)nn12. The number of aromatic amines is 1. The van der Waals surface area contributed by atoms with Crippen molar-refractivity contribution >= 4 is 34.4 Å². The number of rotatable bonds is 4. The highest BCUT2D eigenvalue weighted by Crippen LogP contribution is 2.24. The average Bonchev–Trinajstić information content (AvgIpc) is 3.36. The van der Waals surface area contributed by atoms with Crippen LogP contribution in [0.1, 0.15) is 38.4 Å². The number of para-hydroxylation sites is 2. The Hall–Kier alpha value is -3.49. The molecular formula is C21H24N8O. The van der Waals surface area contributed by atoms with Crippen molar-refractivity contribution in [3.63, 3.8) is 0 Å². The van der Waals surface area contributed by atoms with Gasteiger partial charge in [0.1, 0.15) is 5.82 Å². The number of imidazole rings is 1. The van der Waals surface area contributed by atoms with Crippen molar-refractivity contribution in [2.75, 3.05) is 23.3 Å². The van der Waals surface area contributed by atoms with Gasteiger partial charge in [-0.3, -0.25) is 10.1 Å². The molecule has 0 aliphatic carbocycles. The topological polar surface area (TPSA) is 104 Å². The fourth-order valence-corrected chi connectivity index (χ4v) is 3.93. The number of H-pyrrole nitrogens is 1. The summed E-state index contributed by atoms with van der Waals surface area (Å²) in [5.74, 6) is 2.46. The maximum absolute atomic E-state index is 12.7. The Morgan fingerprint density at radius 3 is 2.70 bits per heavy atom. The summed E-state index contributed by atoms with van der Waals surface area (Å²) in [5, 5.41) is 16.1. The molecule has 2 N–H and O–H groups in total. The number of benzene rings is 1. The Morgan fingerprint density at radius 1 is 1.13 bits per heavy atom. The van der Waals surface area contributed by atoms with Gasteiger partial charge >= 0.3 is 0 Å². The molecule has 0 atom stereocenters. The summed E-state index contributed by atoms with van der Waals surface area (Å²) in [6, 6.07) is 11.7. The van der Waals surface area contributed by atoms with Crippen molar-refractivity contribution in [2.45, 2.75) is 32.6 Å². The molecule has 154 valence electrons. The molecule has 3 aromatic heterocycles. The second-order valence-corrected chi connectivity index (χ2v) is 8.03. The highest BCUT2D eigenvalue weighted by atomic mass is 16.2. The molecular weight excluding hydrogens is 380 g/mol. The molecule has 0 saturated carbocycles. The number of carbonyl (C=O) groups excluding carboxylic acids is 1. The van der Waals surface area contributed by atoms with E-state index in [1.807, 2.05) is 40.9 Å². The van der Waals surface area contributed by atoms with Crippen LogP contribution in [0.5, 0.6) is 0 Å². The Kier molecular flexibility index (Phi) is 4.57. The zero-order valence-electron chi connectivity index (χ0n) is 17.0. The third-order valence-electron chi connectivity index (χ3n) is 5.61. The number of anilines is 2. The van der Waals surface area contributed by atoms with Gasteiger partial charge in [0.05, 0.1) is 11.0 Å². The third kappa shape index (κ3) is 3.36. The number of carbonyl (C=O) groups is 1. The van der Waals surface area contributed by atoms with Crippen molar-refractivity contribution in [3.8, 4) is 0 Å². The minimum Gasteiger partial charge on any atom is -0.355 e. The average molecular weight is 404 g/mol. The first-order valence-corrected chi connectivity index (χ1v) is 10.3. The molecule has 1 fully saturated rings. The second-order valence-electron chi connectivity index (χ2n) is 8.03. The van der Waals surface area contributed by atoms with E-state index in [1.165, 1.54) is 0 Å². The quantitative estimate of drug-likeness (QED) is 0.542. The zero-order valence-corrected chi connectivity index (χ0v) is 17.0. The van der Waals surface area contributed by atoms with Gasteiger partial charge in [-0.15, -0.1) is 15.3 Å². The number of amides is 1. The van der Waals surface area contributed by atoms with E-state index in [-0.39, 0.29) is 17.7 Å². The van der Waals surface area contributed by atoms with E-state index in [9.17, 15) is 4.79 Å². The zero-order chi connectivity index (χ0) is 20.7. The first-order valence-electron chi connectivity index (χ1n) is 10.3. The van der Waals surface area contributed by atoms with Gasteiger partial charge in [0.2, 0.25) is 11.9 Å². The maximum atomic E-state index is 12.7. The highest BCUT2D eigenvalue weighted by molar-refractivity contribution is 5.92. The van der Waals surface area contributed by atoms with Gasteiger partial charge in [-0.05, 0) is 37.1 Å². The van der Waals surface area contributed by atoms with Crippen molar-refractivity contribution in [2.24, 2.45) is 5.92 Å². The molecule has 0 spiro atoms. The molecule has 1 aromatic carbocycles. The molecule has 30 heavy (non-hydrogen) atoms. The van der Waals surface area contributed by atoms with Crippen LogP contribution < -0.4 is 10.2 Å². The molecule has 1 aliphatic heterocycles. The lowest BCUT2D eigenvalue weighted by Gasteiger charge is -2.31. The van der Waals surface area contributed by atoms with Crippen LogP contribution >= 0.6 is 0 Å². The van der Waals surface area contributed by atoms with Crippen molar-refractivity contribution in [1.29, 1.82) is 0 Å². The van der Waals surface area contributed by atoms with Crippen LogP contribution in [0, 0.1) is 5.92 Å². The van der Waals surface area contributed by atoms with Crippen LogP contribution in [0.4, 0.5) is 11.8 Å². The molecule has 9 nitrogen and oxygen atoms in total. The first kappa shape index (κ1) is 18.5. The maximum Gasteiger partial charge on any atom is 0.229 e. The number of nitrogens with one attached hydrogen (secondary N) is 2. The number of hydrogen-bond donors (Lipinski definition) is 2. The van der Waals surface area contributed by atoms with Crippen molar-refractivity contribution in [1.82, 2.24) is 29.8 Å². The Bertz CT molecular complexity index is 1170. The minimum absolute atomic E-state index is 0.0121. The fraction of sp³-hybridized carbons (Fsp3) is 0.381. The van der Waals surface area contributed by atoms with Gasteiger partial charge in [-0.25, -0.2) is 4.98 Å². The molecule has 9 heteroatoms. The second kappa shape index (κ2) is 7.40. The molecule has 1 saturated heterocycles. The molecule has 1 amide bonds. The van der Waals surface area contributed by atoms with Crippen LogP contribution in [0.3, 0.4) is 0 Å². The molecule has 1 aliphatic rings. The number of aromatic nitrogens is 6. The summed E-state index contributed by atoms with van der Waals surface area (Å²) in [4.78, 5) is 22.5. The van der Waals surface area contributed by atoms with E-state index in [0.29, 0.717) is 5.95 Å². The van der Waals surface area contributed by atoms with Crippen LogP contribution in [0.25, 0.3) is 16.7 Å². The van der Waals surface area contributed by atoms with E-state index in [0.717, 1.165) is 54.3 Å². The summed E-state index contributed by atoms with van der Waals surface area (Å²) >= 11 is 0. The number of hydrogen-bond acceptors (Lipinski definition) is 6. The summed E-state index contributed by atoms with van der Waals surface area (Å²) in [5.41, 5.74) is 2.51.